The zero-order chi connectivity index (χ0) is 30.1. The van der Waals surface area contributed by atoms with Crippen molar-refractivity contribution in [3.8, 4) is 0 Å². The summed E-state index contributed by atoms with van der Waals surface area (Å²) in [6.45, 7) is -0.622. The third-order valence-corrected chi connectivity index (χ3v) is 6.77. The van der Waals surface area contributed by atoms with Crippen LogP contribution < -0.4 is 21.7 Å². The van der Waals surface area contributed by atoms with Crippen molar-refractivity contribution in [2.24, 2.45) is 5.73 Å². The van der Waals surface area contributed by atoms with Crippen LogP contribution in [0, 0.1) is 0 Å². The summed E-state index contributed by atoms with van der Waals surface area (Å²) in [5.41, 5.74) is 8.43. The van der Waals surface area contributed by atoms with Crippen LogP contribution in [0.25, 0.3) is 10.9 Å². The summed E-state index contributed by atoms with van der Waals surface area (Å²) in [6.07, 6.45) is 4.65. The maximum atomic E-state index is 13.5. The summed E-state index contributed by atoms with van der Waals surface area (Å²) in [7, 11) is 0. The van der Waals surface area contributed by atoms with Crippen LogP contribution in [0.4, 0.5) is 0 Å². The molecule has 0 aliphatic rings. The van der Waals surface area contributed by atoms with Gasteiger partial charge < -0.3 is 41.9 Å². The van der Waals surface area contributed by atoms with E-state index in [1.54, 1.807) is 36.5 Å². The number of carbonyl (C=O) groups excluding carboxylic acids is 3. The Hall–Kier alpha value is -5.01. The van der Waals surface area contributed by atoms with E-state index in [2.05, 4.69) is 30.9 Å². The number of aliphatic hydroxyl groups excluding tert-OH is 1. The van der Waals surface area contributed by atoms with Crippen LogP contribution in [-0.2, 0) is 38.4 Å². The SMILES string of the molecule is NC(CO)C(=O)NC(Cc1ccccc1)C(=O)NC(Cc1cnc[nH]1)C(=O)NC(Cc1c[nH]c2ccccc12)C(=O)O. The Morgan fingerprint density at radius 1 is 0.810 bits per heavy atom. The van der Waals surface area contributed by atoms with Crippen molar-refractivity contribution in [1.82, 2.24) is 30.9 Å². The number of aliphatic hydroxyl groups is 1. The number of nitrogens with zero attached hydrogens (tertiary/aromatic N) is 1. The molecule has 220 valence electrons. The number of benzene rings is 2. The van der Waals surface area contributed by atoms with Crippen LogP contribution in [0.3, 0.4) is 0 Å². The number of carbonyl (C=O) groups is 4. The topological polar surface area (TPSA) is 215 Å². The number of imidazole rings is 1. The van der Waals surface area contributed by atoms with E-state index in [-0.39, 0.29) is 19.3 Å². The van der Waals surface area contributed by atoms with Gasteiger partial charge in [-0.2, -0.15) is 0 Å². The molecule has 0 saturated carbocycles. The molecule has 13 nitrogen and oxygen atoms in total. The molecule has 0 bridgehead atoms. The highest BCUT2D eigenvalue weighted by Gasteiger charge is 2.31. The van der Waals surface area contributed by atoms with Gasteiger partial charge in [0, 0.05) is 48.3 Å². The number of aromatic amines is 2. The first-order valence-electron chi connectivity index (χ1n) is 13.3. The van der Waals surface area contributed by atoms with Crippen molar-refractivity contribution < 1.29 is 29.4 Å². The van der Waals surface area contributed by atoms with Crippen LogP contribution in [0.15, 0.2) is 73.3 Å². The Labute approximate surface area is 240 Å². The minimum atomic E-state index is -1.29. The number of nitrogens with one attached hydrogen (secondary N) is 5. The van der Waals surface area contributed by atoms with Crippen LogP contribution in [0.2, 0.25) is 0 Å². The van der Waals surface area contributed by atoms with Gasteiger partial charge in [-0.1, -0.05) is 48.5 Å². The predicted molar refractivity (Wildman–Crippen MR) is 153 cm³/mol. The van der Waals surface area contributed by atoms with E-state index in [9.17, 15) is 29.4 Å². The van der Waals surface area contributed by atoms with E-state index in [0.29, 0.717) is 11.3 Å². The number of aliphatic carboxylic acids is 1. The average molecular weight is 576 g/mol. The van der Waals surface area contributed by atoms with Gasteiger partial charge in [-0.3, -0.25) is 14.4 Å². The minimum absolute atomic E-state index is 0.00154. The second kappa shape index (κ2) is 14.1. The van der Waals surface area contributed by atoms with E-state index in [0.717, 1.165) is 16.5 Å². The number of hydrogen-bond donors (Lipinski definition) is 8. The molecule has 9 N–H and O–H groups in total. The molecule has 2 heterocycles. The maximum Gasteiger partial charge on any atom is 0.326 e. The molecular weight excluding hydrogens is 542 g/mol. The highest BCUT2D eigenvalue weighted by molar-refractivity contribution is 5.94. The Balaban J connectivity index is 1.54. The van der Waals surface area contributed by atoms with E-state index < -0.39 is 54.5 Å². The molecule has 13 heteroatoms. The average Bonchev–Trinajstić information content (AvgIpc) is 3.66. The number of rotatable bonds is 14. The van der Waals surface area contributed by atoms with E-state index in [1.807, 2.05) is 24.3 Å². The normalized spacial score (nSPS) is 14.0. The fraction of sp³-hybridized carbons (Fsp3) is 0.276. The standard InChI is InChI=1S/C29H33N7O6/c30-21(15-37)26(38)34-23(10-17-6-2-1-3-7-17)27(39)35-24(12-19-14-31-16-33-19)28(40)36-25(29(41)42)11-18-13-32-22-9-5-4-8-20(18)22/h1-9,13-14,16,21,23-25,32,37H,10-12,15,30H2,(H,31,33)(H,34,38)(H,35,39)(H,36,40)(H,41,42). The van der Waals surface area contributed by atoms with Crippen molar-refractivity contribution in [1.29, 1.82) is 0 Å². The molecule has 0 spiro atoms. The molecule has 2 aromatic heterocycles. The Morgan fingerprint density at radius 2 is 1.45 bits per heavy atom. The first kappa shape index (κ1) is 30.0. The van der Waals surface area contributed by atoms with Gasteiger partial charge in [0.15, 0.2) is 0 Å². The van der Waals surface area contributed by atoms with E-state index >= 15 is 0 Å². The summed E-state index contributed by atoms with van der Waals surface area (Å²) in [4.78, 5) is 61.6. The van der Waals surface area contributed by atoms with Gasteiger partial charge in [-0.05, 0) is 17.2 Å². The quantitative estimate of drug-likeness (QED) is 0.100. The van der Waals surface area contributed by atoms with Gasteiger partial charge >= 0.3 is 5.97 Å². The lowest BCUT2D eigenvalue weighted by atomic mass is 10.0. The molecule has 3 amide bonds. The number of carboxylic acid groups (broad SMARTS) is 1. The number of nitrogens with two attached hydrogens (primary N) is 1. The van der Waals surface area contributed by atoms with Crippen molar-refractivity contribution in [3.63, 3.8) is 0 Å². The van der Waals surface area contributed by atoms with Crippen LogP contribution in [0.1, 0.15) is 16.8 Å². The number of H-pyrrole nitrogens is 2. The molecular formula is C29H33N7O6. The first-order chi connectivity index (χ1) is 20.2. The third-order valence-electron chi connectivity index (χ3n) is 6.77. The lowest BCUT2D eigenvalue weighted by molar-refractivity contribution is -0.142. The van der Waals surface area contributed by atoms with Gasteiger partial charge in [0.25, 0.3) is 0 Å². The van der Waals surface area contributed by atoms with Gasteiger partial charge in [0.1, 0.15) is 24.2 Å². The number of aromatic nitrogens is 3. The minimum Gasteiger partial charge on any atom is -0.480 e. The molecule has 0 saturated heterocycles. The van der Waals surface area contributed by atoms with Crippen molar-refractivity contribution >= 4 is 34.6 Å². The fourth-order valence-electron chi connectivity index (χ4n) is 4.51. The Morgan fingerprint density at radius 3 is 2.12 bits per heavy atom. The van der Waals surface area contributed by atoms with Crippen molar-refractivity contribution in [3.05, 3.63) is 90.1 Å². The molecule has 0 fully saturated rings. The first-order valence-corrected chi connectivity index (χ1v) is 13.3. The summed E-state index contributed by atoms with van der Waals surface area (Å²) in [5, 5.41) is 27.8. The monoisotopic (exact) mass is 575 g/mol. The predicted octanol–water partition coefficient (Wildman–Crippen LogP) is -0.222. The summed E-state index contributed by atoms with van der Waals surface area (Å²) in [5.74, 6) is -3.41. The molecule has 4 aromatic rings. The van der Waals surface area contributed by atoms with Crippen molar-refractivity contribution in [2.45, 2.75) is 43.4 Å². The molecule has 4 unspecified atom stereocenters. The van der Waals surface area contributed by atoms with Gasteiger partial charge in [0.2, 0.25) is 17.7 Å². The zero-order valence-corrected chi connectivity index (χ0v) is 22.6. The number of carboxylic acids is 1. The van der Waals surface area contributed by atoms with E-state index in [4.69, 9.17) is 5.73 Å². The zero-order valence-electron chi connectivity index (χ0n) is 22.6. The number of fused-ring (bicyclic) bond motifs is 1. The number of para-hydroxylation sites is 1. The Kier molecular flexibility index (Phi) is 10.0. The second-order valence-electron chi connectivity index (χ2n) is 9.85. The lowest BCUT2D eigenvalue weighted by Crippen LogP contribution is -2.58. The molecule has 0 aliphatic heterocycles. The third kappa shape index (κ3) is 7.80. The summed E-state index contributed by atoms with van der Waals surface area (Å²) >= 11 is 0. The van der Waals surface area contributed by atoms with Gasteiger partial charge in [-0.15, -0.1) is 0 Å². The van der Waals surface area contributed by atoms with Gasteiger partial charge in [-0.25, -0.2) is 9.78 Å². The molecule has 4 rings (SSSR count). The van der Waals surface area contributed by atoms with Crippen LogP contribution in [-0.4, -0.2) is 79.6 Å². The van der Waals surface area contributed by atoms with Gasteiger partial charge in [0.05, 0.1) is 12.9 Å². The number of amides is 3. The molecule has 2 aromatic carbocycles. The maximum absolute atomic E-state index is 13.5. The summed E-state index contributed by atoms with van der Waals surface area (Å²) < 4.78 is 0. The highest BCUT2D eigenvalue weighted by Crippen LogP contribution is 2.19. The Bertz CT molecular complexity index is 1510. The second-order valence-corrected chi connectivity index (χ2v) is 9.85. The highest BCUT2D eigenvalue weighted by atomic mass is 16.4. The largest absolute Gasteiger partial charge is 0.480 e. The van der Waals surface area contributed by atoms with Crippen LogP contribution in [0.5, 0.6) is 0 Å². The number of hydrogen-bond acceptors (Lipinski definition) is 7. The molecule has 0 aliphatic carbocycles. The smallest absolute Gasteiger partial charge is 0.326 e. The van der Waals surface area contributed by atoms with E-state index in [1.165, 1.54) is 12.5 Å². The van der Waals surface area contributed by atoms with Crippen molar-refractivity contribution in [2.75, 3.05) is 6.61 Å². The van der Waals surface area contributed by atoms with Crippen LogP contribution >= 0.6 is 0 Å². The summed E-state index contributed by atoms with van der Waals surface area (Å²) in [6, 6.07) is 11.4. The lowest BCUT2D eigenvalue weighted by Gasteiger charge is -2.25. The fourth-order valence-corrected chi connectivity index (χ4v) is 4.51. The molecule has 0 radical (unpaired) electrons. The molecule has 4 atom stereocenters. The molecule has 42 heavy (non-hydrogen) atoms.